The maximum atomic E-state index is 11.6. The number of carbonyl (C=O) groups is 1. The summed E-state index contributed by atoms with van der Waals surface area (Å²) in [6.45, 7) is 0. The van der Waals surface area contributed by atoms with Crippen LogP contribution in [0, 0.1) is 0 Å². The van der Waals surface area contributed by atoms with Gasteiger partial charge in [-0.1, -0.05) is 23.7 Å². The van der Waals surface area contributed by atoms with E-state index in [0.29, 0.717) is 27.9 Å². The van der Waals surface area contributed by atoms with Crippen LogP contribution in [-0.2, 0) is 16.0 Å². The number of methoxy groups -OCH3 is 1. The van der Waals surface area contributed by atoms with Crippen molar-refractivity contribution in [2.75, 3.05) is 7.11 Å². The number of ether oxygens (including phenoxy) is 1. The number of halogens is 1. The van der Waals surface area contributed by atoms with Crippen molar-refractivity contribution in [3.63, 3.8) is 0 Å². The third kappa shape index (κ3) is 3.21. The molecule has 0 aliphatic heterocycles. The summed E-state index contributed by atoms with van der Waals surface area (Å²) in [5, 5.41) is 18.5. The molecular formula is C16H13ClN4O3. The van der Waals surface area contributed by atoms with Gasteiger partial charge < -0.3 is 9.84 Å². The molecule has 0 saturated heterocycles. The third-order valence-electron chi connectivity index (χ3n) is 3.30. The zero-order valence-corrected chi connectivity index (χ0v) is 13.4. The van der Waals surface area contributed by atoms with E-state index < -0.39 is 5.97 Å². The number of hydrogen-bond donors (Lipinski definition) is 1. The number of nitrogens with zero attached hydrogens (tertiary/aromatic N) is 4. The predicted octanol–water partition coefficient (Wildman–Crippen LogP) is 3.82. The Balaban J connectivity index is 2.09. The van der Waals surface area contributed by atoms with Crippen molar-refractivity contribution >= 4 is 34.7 Å². The first kappa shape index (κ1) is 15.9. The molecule has 0 radical (unpaired) electrons. The molecule has 0 fully saturated rings. The Kier molecular flexibility index (Phi) is 4.43. The molecule has 0 saturated carbocycles. The van der Waals surface area contributed by atoms with Crippen LogP contribution in [0.3, 0.4) is 0 Å². The molecule has 1 aromatic carbocycles. The predicted molar refractivity (Wildman–Crippen MR) is 88.2 cm³/mol. The van der Waals surface area contributed by atoms with Crippen molar-refractivity contribution in [2.45, 2.75) is 6.42 Å². The molecule has 2 heterocycles. The van der Waals surface area contributed by atoms with E-state index in [9.17, 15) is 9.90 Å². The fourth-order valence-corrected chi connectivity index (χ4v) is 2.30. The lowest BCUT2D eigenvalue weighted by molar-refractivity contribution is -0.139. The number of hydrogen-bond acceptors (Lipinski definition) is 6. The summed E-state index contributed by atoms with van der Waals surface area (Å²) in [6, 6.07) is 9.95. The lowest BCUT2D eigenvalue weighted by Crippen LogP contribution is -2.04. The first-order valence-corrected chi connectivity index (χ1v) is 7.39. The molecule has 122 valence electrons. The van der Waals surface area contributed by atoms with E-state index in [-0.39, 0.29) is 12.2 Å². The summed E-state index contributed by atoms with van der Waals surface area (Å²) in [4.78, 5) is 16.0. The molecule has 24 heavy (non-hydrogen) atoms. The van der Waals surface area contributed by atoms with Crippen LogP contribution in [0.1, 0.15) is 5.69 Å². The van der Waals surface area contributed by atoms with E-state index in [1.54, 1.807) is 40.9 Å². The molecule has 0 spiro atoms. The van der Waals surface area contributed by atoms with Gasteiger partial charge >= 0.3 is 5.97 Å². The minimum atomic E-state index is -0.441. The number of benzene rings is 1. The number of phenolic OH excluding ortho intramolecular Hbond substituents is 1. The molecule has 0 atom stereocenters. The van der Waals surface area contributed by atoms with E-state index in [1.165, 1.54) is 13.2 Å². The summed E-state index contributed by atoms with van der Waals surface area (Å²) in [6.07, 6.45) is 1.58. The maximum absolute atomic E-state index is 11.6. The quantitative estimate of drug-likeness (QED) is 0.575. The number of para-hydroxylation sites is 1. The standard InChI is InChI=1S/C16H13ClN4O3/c1-24-15(23)8-12-16(20-19-11-4-2-3-5-13(11)22)21-9-10(17)6-7-14(21)18-12/h2-7,9,22H,8H2,1H3. The van der Waals surface area contributed by atoms with Crippen molar-refractivity contribution < 1.29 is 14.6 Å². The first-order valence-electron chi connectivity index (χ1n) is 7.01. The number of pyridine rings is 1. The van der Waals surface area contributed by atoms with Gasteiger partial charge in [0.1, 0.15) is 17.1 Å². The number of fused-ring (bicyclic) bond motifs is 1. The van der Waals surface area contributed by atoms with Crippen LogP contribution in [0.25, 0.3) is 5.65 Å². The highest BCUT2D eigenvalue weighted by Crippen LogP contribution is 2.30. The SMILES string of the molecule is COC(=O)Cc1nc2ccc(Cl)cn2c1N=Nc1ccccc1O. The van der Waals surface area contributed by atoms with Gasteiger partial charge in [0.25, 0.3) is 0 Å². The van der Waals surface area contributed by atoms with Gasteiger partial charge in [-0.3, -0.25) is 9.20 Å². The van der Waals surface area contributed by atoms with Gasteiger partial charge in [0.15, 0.2) is 5.82 Å². The minimum Gasteiger partial charge on any atom is -0.506 e. The van der Waals surface area contributed by atoms with Crippen molar-refractivity contribution in [3.8, 4) is 5.75 Å². The van der Waals surface area contributed by atoms with Gasteiger partial charge in [0.05, 0.1) is 24.2 Å². The zero-order chi connectivity index (χ0) is 17.1. The smallest absolute Gasteiger partial charge is 0.311 e. The zero-order valence-electron chi connectivity index (χ0n) is 12.7. The molecule has 0 bridgehead atoms. The fraction of sp³-hybridized carbons (Fsp3) is 0.125. The fourth-order valence-electron chi connectivity index (χ4n) is 2.14. The van der Waals surface area contributed by atoms with Gasteiger partial charge in [0, 0.05) is 6.20 Å². The molecule has 1 N–H and O–H groups in total. The number of aromatic hydroxyl groups is 1. The number of rotatable bonds is 4. The third-order valence-corrected chi connectivity index (χ3v) is 3.52. The molecule has 8 heteroatoms. The molecule has 0 amide bonds. The van der Waals surface area contributed by atoms with Gasteiger partial charge in [-0.05, 0) is 24.3 Å². The van der Waals surface area contributed by atoms with Gasteiger partial charge in [0.2, 0.25) is 0 Å². The van der Waals surface area contributed by atoms with Crippen LogP contribution >= 0.6 is 11.6 Å². The molecule has 3 aromatic rings. The number of aromatic nitrogens is 2. The second-order valence-corrected chi connectivity index (χ2v) is 5.34. The Hall–Kier alpha value is -2.93. The normalized spacial score (nSPS) is 11.2. The Morgan fingerprint density at radius 1 is 1.29 bits per heavy atom. The van der Waals surface area contributed by atoms with E-state index >= 15 is 0 Å². The molecule has 0 aliphatic carbocycles. The summed E-state index contributed by atoms with van der Waals surface area (Å²) in [7, 11) is 1.30. The summed E-state index contributed by atoms with van der Waals surface area (Å²) < 4.78 is 6.31. The van der Waals surface area contributed by atoms with Crippen LogP contribution in [0.2, 0.25) is 5.02 Å². The highest BCUT2D eigenvalue weighted by molar-refractivity contribution is 6.30. The number of esters is 1. The maximum Gasteiger partial charge on any atom is 0.311 e. The average molecular weight is 345 g/mol. The highest BCUT2D eigenvalue weighted by Gasteiger charge is 2.16. The largest absolute Gasteiger partial charge is 0.506 e. The van der Waals surface area contributed by atoms with Gasteiger partial charge in [-0.25, -0.2) is 4.98 Å². The van der Waals surface area contributed by atoms with Crippen LogP contribution in [-0.4, -0.2) is 27.6 Å². The van der Waals surface area contributed by atoms with Gasteiger partial charge in [-0.15, -0.1) is 10.2 Å². The lowest BCUT2D eigenvalue weighted by Gasteiger charge is -2.00. The number of carbonyl (C=O) groups excluding carboxylic acids is 1. The monoisotopic (exact) mass is 344 g/mol. The second kappa shape index (κ2) is 6.67. The summed E-state index contributed by atoms with van der Waals surface area (Å²) >= 11 is 6.02. The van der Waals surface area contributed by atoms with Crippen molar-refractivity contribution in [3.05, 3.63) is 53.3 Å². The first-order chi connectivity index (χ1) is 11.6. The lowest BCUT2D eigenvalue weighted by atomic mass is 10.3. The minimum absolute atomic E-state index is 0.00243. The summed E-state index contributed by atoms with van der Waals surface area (Å²) in [5.74, 6) is -0.0905. The molecule has 0 aliphatic rings. The topological polar surface area (TPSA) is 88.5 Å². The van der Waals surface area contributed by atoms with Crippen LogP contribution in [0.5, 0.6) is 5.75 Å². The number of azo groups is 1. The Labute approximate surface area is 142 Å². The van der Waals surface area contributed by atoms with E-state index in [1.807, 2.05) is 0 Å². The van der Waals surface area contributed by atoms with Gasteiger partial charge in [-0.2, -0.15) is 0 Å². The Bertz CT molecular complexity index is 936. The molecular weight excluding hydrogens is 332 g/mol. The molecule has 0 unspecified atom stereocenters. The molecule has 7 nitrogen and oxygen atoms in total. The van der Waals surface area contributed by atoms with E-state index in [4.69, 9.17) is 11.6 Å². The summed E-state index contributed by atoms with van der Waals surface area (Å²) in [5.41, 5.74) is 1.28. The molecule has 3 rings (SSSR count). The number of phenols is 1. The average Bonchev–Trinajstić information content (AvgIpc) is 2.90. The number of imidazole rings is 1. The Morgan fingerprint density at radius 2 is 2.08 bits per heavy atom. The second-order valence-electron chi connectivity index (χ2n) is 4.90. The highest BCUT2D eigenvalue weighted by atomic mass is 35.5. The van der Waals surface area contributed by atoms with Crippen molar-refractivity contribution in [1.29, 1.82) is 0 Å². The van der Waals surface area contributed by atoms with Crippen LogP contribution < -0.4 is 0 Å². The van der Waals surface area contributed by atoms with Crippen LogP contribution in [0.4, 0.5) is 11.5 Å². The van der Waals surface area contributed by atoms with Crippen molar-refractivity contribution in [1.82, 2.24) is 9.38 Å². The van der Waals surface area contributed by atoms with Crippen molar-refractivity contribution in [2.24, 2.45) is 10.2 Å². The van der Waals surface area contributed by atoms with E-state index in [0.717, 1.165) is 0 Å². The molecule has 2 aromatic heterocycles. The Morgan fingerprint density at radius 3 is 2.83 bits per heavy atom. The van der Waals surface area contributed by atoms with E-state index in [2.05, 4.69) is 19.9 Å². The van der Waals surface area contributed by atoms with Crippen LogP contribution in [0.15, 0.2) is 52.8 Å².